The van der Waals surface area contributed by atoms with Gasteiger partial charge in [-0.15, -0.1) is 0 Å². The molecule has 0 saturated heterocycles. The van der Waals surface area contributed by atoms with Gasteiger partial charge in [0, 0.05) is 7.05 Å². The van der Waals surface area contributed by atoms with Crippen molar-refractivity contribution in [1.29, 1.82) is 5.26 Å². The van der Waals surface area contributed by atoms with Crippen molar-refractivity contribution in [2.24, 2.45) is 5.92 Å². The van der Waals surface area contributed by atoms with Crippen LogP contribution >= 0.6 is 0 Å². The number of carbonyl (C=O) groups is 1. The Morgan fingerprint density at radius 3 is 2.75 bits per heavy atom. The Bertz CT molecular complexity index is 403. The first kappa shape index (κ1) is 12.3. The van der Waals surface area contributed by atoms with Crippen molar-refractivity contribution < 1.29 is 9.21 Å². The Balaban J connectivity index is 2.62. The maximum atomic E-state index is 11.8. The quantitative estimate of drug-likeness (QED) is 0.780. The molecule has 0 aliphatic carbocycles. The van der Waals surface area contributed by atoms with Crippen molar-refractivity contribution in [2.75, 3.05) is 7.05 Å². The molecule has 0 bridgehead atoms. The molecule has 1 heterocycles. The molecule has 86 valence electrons. The van der Waals surface area contributed by atoms with Gasteiger partial charge in [0.05, 0.1) is 12.6 Å². The summed E-state index contributed by atoms with van der Waals surface area (Å²) in [6, 6.07) is 5.70. The fourth-order valence-electron chi connectivity index (χ4n) is 1.47. The normalized spacial score (nSPS) is 11.9. The highest BCUT2D eigenvalue weighted by atomic mass is 16.3. The van der Waals surface area contributed by atoms with E-state index in [4.69, 9.17) is 9.68 Å². The van der Waals surface area contributed by atoms with Gasteiger partial charge < -0.3 is 9.32 Å². The Labute approximate surface area is 95.5 Å². The van der Waals surface area contributed by atoms with Gasteiger partial charge in [0.15, 0.2) is 0 Å². The summed E-state index contributed by atoms with van der Waals surface area (Å²) in [6.45, 7) is 4.09. The van der Waals surface area contributed by atoms with Crippen molar-refractivity contribution in [3.63, 3.8) is 0 Å². The number of nitriles is 1. The van der Waals surface area contributed by atoms with Crippen LogP contribution < -0.4 is 0 Å². The van der Waals surface area contributed by atoms with Gasteiger partial charge in [-0.1, -0.05) is 6.92 Å². The molecule has 1 atom stereocenters. The molecule has 0 saturated carbocycles. The second-order valence-corrected chi connectivity index (χ2v) is 3.80. The van der Waals surface area contributed by atoms with Gasteiger partial charge >= 0.3 is 0 Å². The van der Waals surface area contributed by atoms with Crippen LogP contribution in [0.25, 0.3) is 0 Å². The molecular weight excluding hydrogens is 204 g/mol. The molecule has 1 rings (SSSR count). The molecule has 16 heavy (non-hydrogen) atoms. The van der Waals surface area contributed by atoms with Crippen LogP contribution in [0.5, 0.6) is 0 Å². The lowest BCUT2D eigenvalue weighted by molar-refractivity contribution is -0.133. The van der Waals surface area contributed by atoms with E-state index in [0.29, 0.717) is 13.0 Å². The highest BCUT2D eigenvalue weighted by Crippen LogP contribution is 2.11. The summed E-state index contributed by atoms with van der Waals surface area (Å²) >= 11 is 0. The Morgan fingerprint density at radius 2 is 2.31 bits per heavy atom. The Morgan fingerprint density at radius 1 is 1.62 bits per heavy atom. The number of carbonyl (C=O) groups excluding carboxylic acids is 1. The van der Waals surface area contributed by atoms with Crippen LogP contribution in [0.3, 0.4) is 0 Å². The molecular formula is C12H16N2O2. The minimum atomic E-state index is -0.555. The van der Waals surface area contributed by atoms with Crippen LogP contribution in [0.2, 0.25) is 0 Å². The smallest absolute Gasteiger partial charge is 0.240 e. The lowest BCUT2D eigenvalue weighted by Crippen LogP contribution is -2.31. The Kier molecular flexibility index (Phi) is 4.12. The van der Waals surface area contributed by atoms with Crippen LogP contribution in [0.15, 0.2) is 16.5 Å². The molecule has 1 aromatic rings. The fraction of sp³-hybridized carbons (Fsp3) is 0.500. The Hall–Kier alpha value is -1.76. The standard InChI is InChI=1S/C12H16N2O2/c1-4-10(7-13)12(15)14(3)8-11-6-5-9(2)16-11/h5-6,10H,4,8H2,1-3H3. The number of furan rings is 1. The number of nitrogens with zero attached hydrogens (tertiary/aromatic N) is 2. The third kappa shape index (κ3) is 2.86. The largest absolute Gasteiger partial charge is 0.464 e. The van der Waals surface area contributed by atoms with E-state index in [9.17, 15) is 4.79 Å². The summed E-state index contributed by atoms with van der Waals surface area (Å²) < 4.78 is 5.37. The second kappa shape index (κ2) is 5.36. The van der Waals surface area contributed by atoms with Crippen LogP contribution in [0.4, 0.5) is 0 Å². The fourth-order valence-corrected chi connectivity index (χ4v) is 1.47. The van der Waals surface area contributed by atoms with Crippen LogP contribution in [0, 0.1) is 24.2 Å². The van der Waals surface area contributed by atoms with Crippen LogP contribution in [-0.2, 0) is 11.3 Å². The van der Waals surface area contributed by atoms with Crippen molar-refractivity contribution in [3.05, 3.63) is 23.7 Å². The average molecular weight is 220 g/mol. The first-order valence-corrected chi connectivity index (χ1v) is 5.28. The van der Waals surface area contributed by atoms with E-state index in [1.165, 1.54) is 4.90 Å². The molecule has 4 heteroatoms. The van der Waals surface area contributed by atoms with E-state index in [0.717, 1.165) is 11.5 Å². The van der Waals surface area contributed by atoms with E-state index in [1.54, 1.807) is 7.05 Å². The number of hydrogen-bond acceptors (Lipinski definition) is 3. The van der Waals surface area contributed by atoms with Gasteiger partial charge in [0.2, 0.25) is 5.91 Å². The maximum absolute atomic E-state index is 11.8. The van der Waals surface area contributed by atoms with E-state index in [2.05, 4.69) is 0 Å². The van der Waals surface area contributed by atoms with Crippen molar-refractivity contribution in [2.45, 2.75) is 26.8 Å². The zero-order chi connectivity index (χ0) is 12.1. The monoisotopic (exact) mass is 220 g/mol. The molecule has 0 N–H and O–H groups in total. The topological polar surface area (TPSA) is 57.2 Å². The minimum absolute atomic E-state index is 0.154. The third-order valence-electron chi connectivity index (χ3n) is 2.43. The highest BCUT2D eigenvalue weighted by molar-refractivity contribution is 5.80. The summed E-state index contributed by atoms with van der Waals surface area (Å²) in [5.41, 5.74) is 0. The van der Waals surface area contributed by atoms with Crippen LogP contribution in [-0.4, -0.2) is 17.9 Å². The number of hydrogen-bond donors (Lipinski definition) is 0. The SMILES string of the molecule is CCC(C#N)C(=O)N(C)Cc1ccc(C)o1. The number of aryl methyl sites for hydroxylation is 1. The molecule has 0 radical (unpaired) electrons. The first-order valence-electron chi connectivity index (χ1n) is 5.28. The van der Waals surface area contributed by atoms with Gasteiger partial charge in [-0.3, -0.25) is 4.79 Å². The summed E-state index contributed by atoms with van der Waals surface area (Å²) in [7, 11) is 1.68. The lowest BCUT2D eigenvalue weighted by Gasteiger charge is -2.17. The summed E-state index contributed by atoms with van der Waals surface area (Å²) in [4.78, 5) is 13.3. The lowest BCUT2D eigenvalue weighted by atomic mass is 10.1. The third-order valence-corrected chi connectivity index (χ3v) is 2.43. The predicted molar refractivity (Wildman–Crippen MR) is 59.3 cm³/mol. The van der Waals surface area contributed by atoms with E-state index in [-0.39, 0.29) is 5.91 Å². The molecule has 0 fully saturated rings. The summed E-state index contributed by atoms with van der Waals surface area (Å²) in [5.74, 6) is 0.851. The van der Waals surface area contributed by atoms with E-state index >= 15 is 0 Å². The highest BCUT2D eigenvalue weighted by Gasteiger charge is 2.20. The van der Waals surface area contributed by atoms with Gasteiger partial charge in [0.25, 0.3) is 0 Å². The molecule has 1 unspecified atom stereocenters. The molecule has 1 aromatic heterocycles. The van der Waals surface area contributed by atoms with Gasteiger partial charge in [-0.2, -0.15) is 5.26 Å². The number of rotatable bonds is 4. The molecule has 0 aliphatic rings. The summed E-state index contributed by atoms with van der Waals surface area (Å²) in [6.07, 6.45) is 0.539. The average Bonchev–Trinajstić information content (AvgIpc) is 2.65. The molecule has 0 aromatic carbocycles. The molecule has 0 spiro atoms. The van der Waals surface area contributed by atoms with Crippen molar-refractivity contribution >= 4 is 5.91 Å². The van der Waals surface area contributed by atoms with E-state index in [1.807, 2.05) is 32.0 Å². The first-order chi connectivity index (χ1) is 7.58. The van der Waals surface area contributed by atoms with Gasteiger partial charge in [0.1, 0.15) is 17.4 Å². The summed E-state index contributed by atoms with van der Waals surface area (Å²) in [5, 5.41) is 8.79. The minimum Gasteiger partial charge on any atom is -0.464 e. The molecule has 1 amide bonds. The van der Waals surface area contributed by atoms with E-state index < -0.39 is 5.92 Å². The van der Waals surface area contributed by atoms with Crippen LogP contribution in [0.1, 0.15) is 24.9 Å². The zero-order valence-corrected chi connectivity index (χ0v) is 9.86. The second-order valence-electron chi connectivity index (χ2n) is 3.80. The van der Waals surface area contributed by atoms with Crippen molar-refractivity contribution in [3.8, 4) is 6.07 Å². The predicted octanol–water partition coefficient (Wildman–Crippen LogP) is 2.10. The number of amides is 1. The van der Waals surface area contributed by atoms with Crippen molar-refractivity contribution in [1.82, 2.24) is 4.90 Å². The maximum Gasteiger partial charge on any atom is 0.240 e. The van der Waals surface area contributed by atoms with Gasteiger partial charge in [-0.05, 0) is 25.5 Å². The molecule has 0 aliphatic heterocycles. The zero-order valence-electron chi connectivity index (χ0n) is 9.86. The molecule has 4 nitrogen and oxygen atoms in total. The van der Waals surface area contributed by atoms with Gasteiger partial charge in [-0.25, -0.2) is 0 Å².